The minimum absolute atomic E-state index is 0.552. The van der Waals surface area contributed by atoms with Crippen LogP contribution in [-0.2, 0) is 4.74 Å². The Labute approximate surface area is 88.4 Å². The average Bonchev–Trinajstić information content (AvgIpc) is 2.25. The van der Waals surface area contributed by atoms with Gasteiger partial charge in [-0.2, -0.15) is 0 Å². The molecule has 0 bridgehead atoms. The molecule has 1 saturated carbocycles. The molecule has 0 aromatic carbocycles. The van der Waals surface area contributed by atoms with Crippen LogP contribution in [0.2, 0.25) is 0 Å². The summed E-state index contributed by atoms with van der Waals surface area (Å²) in [6.45, 7) is 3.21. The van der Waals surface area contributed by atoms with E-state index in [9.17, 15) is 0 Å². The summed E-state index contributed by atoms with van der Waals surface area (Å²) in [4.78, 5) is 0. The highest BCUT2D eigenvalue weighted by atomic mass is 16.5. The Morgan fingerprint density at radius 2 is 1.86 bits per heavy atom. The highest BCUT2D eigenvalue weighted by Crippen LogP contribution is 2.21. The maximum absolute atomic E-state index is 5.85. The van der Waals surface area contributed by atoms with Gasteiger partial charge >= 0.3 is 0 Å². The van der Waals surface area contributed by atoms with E-state index in [1.807, 2.05) is 0 Å². The second-order valence-electron chi connectivity index (χ2n) is 4.34. The minimum atomic E-state index is 0.552. The van der Waals surface area contributed by atoms with Gasteiger partial charge in [0.2, 0.25) is 0 Å². The zero-order chi connectivity index (χ0) is 10.2. The standard InChI is InChI=1S/C12H25NO/c1-3-4-5-10-14-12-8-6-11(13-2)7-9-12/h11-13H,3-10H2,1-2H3. The van der Waals surface area contributed by atoms with Gasteiger partial charge in [-0.1, -0.05) is 19.8 Å². The molecule has 14 heavy (non-hydrogen) atoms. The SMILES string of the molecule is CCCCCOC1CCC(NC)CC1. The van der Waals surface area contributed by atoms with Crippen molar-refractivity contribution in [3.63, 3.8) is 0 Å². The maximum atomic E-state index is 5.85. The van der Waals surface area contributed by atoms with E-state index in [1.54, 1.807) is 0 Å². The summed E-state index contributed by atoms with van der Waals surface area (Å²) in [5.74, 6) is 0. The molecule has 2 heteroatoms. The lowest BCUT2D eigenvalue weighted by Crippen LogP contribution is -2.33. The lowest BCUT2D eigenvalue weighted by Gasteiger charge is -2.28. The second kappa shape index (κ2) is 7.24. The van der Waals surface area contributed by atoms with Crippen molar-refractivity contribution < 1.29 is 4.74 Å². The Bertz CT molecular complexity index is 130. The first-order valence-corrected chi connectivity index (χ1v) is 6.15. The normalized spacial score (nSPS) is 27.9. The van der Waals surface area contributed by atoms with Gasteiger partial charge in [0.05, 0.1) is 6.10 Å². The van der Waals surface area contributed by atoms with Crippen LogP contribution in [-0.4, -0.2) is 25.8 Å². The molecule has 0 aliphatic heterocycles. The number of nitrogens with one attached hydrogen (secondary N) is 1. The van der Waals surface area contributed by atoms with E-state index in [4.69, 9.17) is 4.74 Å². The lowest BCUT2D eigenvalue weighted by atomic mass is 9.93. The molecule has 0 radical (unpaired) electrons. The van der Waals surface area contributed by atoms with Crippen LogP contribution in [0, 0.1) is 0 Å². The summed E-state index contributed by atoms with van der Waals surface area (Å²) in [5, 5.41) is 3.35. The molecule has 1 aliphatic rings. The van der Waals surface area contributed by atoms with E-state index < -0.39 is 0 Å². The topological polar surface area (TPSA) is 21.3 Å². The molecule has 0 saturated heterocycles. The molecule has 84 valence electrons. The smallest absolute Gasteiger partial charge is 0.0576 e. The zero-order valence-electron chi connectivity index (χ0n) is 9.72. The number of hydrogen-bond donors (Lipinski definition) is 1. The second-order valence-corrected chi connectivity index (χ2v) is 4.34. The van der Waals surface area contributed by atoms with Gasteiger partial charge < -0.3 is 10.1 Å². The molecule has 1 fully saturated rings. The molecule has 1 aliphatic carbocycles. The van der Waals surface area contributed by atoms with Crippen molar-refractivity contribution in [2.75, 3.05) is 13.7 Å². The summed E-state index contributed by atoms with van der Waals surface area (Å²) in [6.07, 6.45) is 9.46. The number of unbranched alkanes of at least 4 members (excludes halogenated alkanes) is 2. The Morgan fingerprint density at radius 3 is 2.43 bits per heavy atom. The molecule has 1 rings (SSSR count). The summed E-state index contributed by atoms with van der Waals surface area (Å²) < 4.78 is 5.85. The highest BCUT2D eigenvalue weighted by molar-refractivity contribution is 4.76. The Morgan fingerprint density at radius 1 is 1.14 bits per heavy atom. The molecule has 0 aromatic rings. The molecule has 1 N–H and O–H groups in total. The van der Waals surface area contributed by atoms with Gasteiger partial charge in [-0.3, -0.25) is 0 Å². The van der Waals surface area contributed by atoms with Crippen LogP contribution in [0.4, 0.5) is 0 Å². The van der Waals surface area contributed by atoms with Crippen molar-refractivity contribution in [2.45, 2.75) is 64.0 Å². The van der Waals surface area contributed by atoms with Crippen LogP contribution in [0.15, 0.2) is 0 Å². The van der Waals surface area contributed by atoms with E-state index in [-0.39, 0.29) is 0 Å². The van der Waals surface area contributed by atoms with E-state index in [2.05, 4.69) is 19.3 Å². The Balaban J connectivity index is 1.98. The Hall–Kier alpha value is -0.0800. The summed E-state index contributed by atoms with van der Waals surface area (Å²) in [7, 11) is 2.06. The highest BCUT2D eigenvalue weighted by Gasteiger charge is 2.19. The van der Waals surface area contributed by atoms with Crippen molar-refractivity contribution in [3.05, 3.63) is 0 Å². The monoisotopic (exact) mass is 199 g/mol. The summed E-state index contributed by atoms with van der Waals surface area (Å²) >= 11 is 0. The van der Waals surface area contributed by atoms with E-state index >= 15 is 0 Å². The van der Waals surface area contributed by atoms with Crippen LogP contribution in [0.3, 0.4) is 0 Å². The molecule has 0 spiro atoms. The van der Waals surface area contributed by atoms with Gasteiger partial charge in [0.1, 0.15) is 0 Å². The minimum Gasteiger partial charge on any atom is -0.378 e. The lowest BCUT2D eigenvalue weighted by molar-refractivity contribution is 0.0212. The third kappa shape index (κ3) is 4.43. The number of rotatable bonds is 6. The maximum Gasteiger partial charge on any atom is 0.0576 e. The molecule has 0 amide bonds. The van der Waals surface area contributed by atoms with Crippen molar-refractivity contribution in [2.24, 2.45) is 0 Å². The molecule has 0 heterocycles. The van der Waals surface area contributed by atoms with Gasteiger partial charge in [-0.15, -0.1) is 0 Å². The fourth-order valence-electron chi connectivity index (χ4n) is 2.12. The molecule has 2 nitrogen and oxygen atoms in total. The van der Waals surface area contributed by atoms with E-state index in [1.165, 1.54) is 44.9 Å². The van der Waals surface area contributed by atoms with Crippen LogP contribution in [0.1, 0.15) is 51.9 Å². The summed E-state index contributed by atoms with van der Waals surface area (Å²) in [6, 6.07) is 0.741. The molecule has 0 aromatic heterocycles. The predicted molar refractivity (Wildman–Crippen MR) is 60.6 cm³/mol. The van der Waals surface area contributed by atoms with Crippen LogP contribution in [0.5, 0.6) is 0 Å². The average molecular weight is 199 g/mol. The fraction of sp³-hybridized carbons (Fsp3) is 1.00. The first kappa shape index (κ1) is 12.0. The molecule has 0 unspecified atom stereocenters. The van der Waals surface area contributed by atoms with Gasteiger partial charge in [-0.25, -0.2) is 0 Å². The van der Waals surface area contributed by atoms with Gasteiger partial charge in [0, 0.05) is 12.6 Å². The summed E-state index contributed by atoms with van der Waals surface area (Å²) in [5.41, 5.74) is 0. The van der Waals surface area contributed by atoms with Crippen molar-refractivity contribution in [3.8, 4) is 0 Å². The van der Waals surface area contributed by atoms with Gasteiger partial charge in [0.25, 0.3) is 0 Å². The first-order valence-electron chi connectivity index (χ1n) is 6.15. The van der Waals surface area contributed by atoms with Crippen LogP contribution in [0.25, 0.3) is 0 Å². The molecule has 0 atom stereocenters. The van der Waals surface area contributed by atoms with Crippen LogP contribution >= 0.6 is 0 Å². The fourth-order valence-corrected chi connectivity index (χ4v) is 2.12. The predicted octanol–water partition coefficient (Wildman–Crippen LogP) is 2.72. The van der Waals surface area contributed by atoms with Crippen LogP contribution < -0.4 is 5.32 Å². The molecular weight excluding hydrogens is 174 g/mol. The number of hydrogen-bond acceptors (Lipinski definition) is 2. The van der Waals surface area contributed by atoms with E-state index in [0.717, 1.165) is 12.6 Å². The van der Waals surface area contributed by atoms with Gasteiger partial charge in [0.15, 0.2) is 0 Å². The van der Waals surface area contributed by atoms with Crippen molar-refractivity contribution in [1.82, 2.24) is 5.32 Å². The Kier molecular flexibility index (Phi) is 6.20. The largest absolute Gasteiger partial charge is 0.378 e. The third-order valence-electron chi connectivity index (χ3n) is 3.18. The molecular formula is C12H25NO. The first-order chi connectivity index (χ1) is 6.86. The van der Waals surface area contributed by atoms with Gasteiger partial charge in [-0.05, 0) is 39.2 Å². The van der Waals surface area contributed by atoms with E-state index in [0.29, 0.717) is 6.10 Å². The van der Waals surface area contributed by atoms with Crippen molar-refractivity contribution >= 4 is 0 Å². The number of ether oxygens (including phenoxy) is 1. The van der Waals surface area contributed by atoms with Crippen molar-refractivity contribution in [1.29, 1.82) is 0 Å². The third-order valence-corrected chi connectivity index (χ3v) is 3.18. The quantitative estimate of drug-likeness (QED) is 0.664. The zero-order valence-corrected chi connectivity index (χ0v) is 9.72.